The molecule has 0 radical (unpaired) electrons. The van der Waals surface area contributed by atoms with Crippen LogP contribution in [0.15, 0.2) is 18.3 Å². The minimum atomic E-state index is -0.185. The molecule has 1 aliphatic carbocycles. The molecule has 5 nitrogen and oxygen atoms in total. The number of hydrogen-bond acceptors (Lipinski definition) is 4. The summed E-state index contributed by atoms with van der Waals surface area (Å²) in [6.07, 6.45) is 2.56. The molecule has 1 aliphatic rings. The Morgan fingerprint density at radius 3 is 2.89 bits per heavy atom. The lowest BCUT2D eigenvalue weighted by atomic mass is 9.64. The number of carbonyl (C=O) groups excluding carboxylic acids is 1. The fraction of sp³-hybridized carbons (Fsp3) is 0.538. The van der Waals surface area contributed by atoms with Crippen LogP contribution in [0, 0.1) is 5.41 Å². The normalized spacial score (nSPS) is 25.3. The number of aromatic nitrogens is 1. The zero-order valence-corrected chi connectivity index (χ0v) is 10.9. The van der Waals surface area contributed by atoms with Crippen molar-refractivity contribution in [2.45, 2.75) is 32.4 Å². The quantitative estimate of drug-likeness (QED) is 0.844. The van der Waals surface area contributed by atoms with Crippen LogP contribution in [0.25, 0.3) is 0 Å². The smallest absolute Gasteiger partial charge is 0.270 e. The second kappa shape index (κ2) is 4.57. The highest BCUT2D eigenvalue weighted by Crippen LogP contribution is 2.42. The molecule has 18 heavy (non-hydrogen) atoms. The van der Waals surface area contributed by atoms with E-state index in [9.17, 15) is 4.79 Å². The zero-order valence-electron chi connectivity index (χ0n) is 10.9. The van der Waals surface area contributed by atoms with Gasteiger partial charge in [0.2, 0.25) is 0 Å². The molecular formula is C13H19N3O2. The molecule has 1 heterocycles. The fourth-order valence-electron chi connectivity index (χ4n) is 2.33. The molecule has 0 saturated heterocycles. The Morgan fingerprint density at radius 1 is 1.61 bits per heavy atom. The van der Waals surface area contributed by atoms with E-state index < -0.39 is 0 Å². The number of carbonyl (C=O) groups is 1. The summed E-state index contributed by atoms with van der Waals surface area (Å²) < 4.78 is 5.35. The van der Waals surface area contributed by atoms with Crippen LogP contribution < -0.4 is 11.1 Å². The lowest BCUT2D eigenvalue weighted by Crippen LogP contribution is -2.61. The van der Waals surface area contributed by atoms with Gasteiger partial charge in [-0.25, -0.2) is 0 Å². The zero-order chi connectivity index (χ0) is 13.3. The Morgan fingerprint density at radius 2 is 2.33 bits per heavy atom. The number of rotatable bonds is 3. The van der Waals surface area contributed by atoms with Gasteiger partial charge in [-0.3, -0.25) is 9.78 Å². The predicted molar refractivity (Wildman–Crippen MR) is 69.1 cm³/mol. The molecule has 2 atom stereocenters. The van der Waals surface area contributed by atoms with Crippen molar-refractivity contribution >= 4 is 11.6 Å². The molecule has 1 aromatic rings. The van der Waals surface area contributed by atoms with E-state index in [1.165, 1.54) is 6.20 Å². The van der Waals surface area contributed by atoms with E-state index >= 15 is 0 Å². The van der Waals surface area contributed by atoms with Gasteiger partial charge in [0, 0.05) is 30.5 Å². The maximum absolute atomic E-state index is 12.0. The maximum Gasteiger partial charge on any atom is 0.270 e. The van der Waals surface area contributed by atoms with Gasteiger partial charge in [0.1, 0.15) is 5.69 Å². The molecule has 0 bridgehead atoms. The van der Waals surface area contributed by atoms with E-state index in [2.05, 4.69) is 24.1 Å². The number of nitrogens with one attached hydrogen (secondary N) is 1. The molecule has 0 aromatic carbocycles. The number of nitrogen functional groups attached to an aromatic ring is 1. The van der Waals surface area contributed by atoms with Crippen LogP contribution in [0.4, 0.5) is 5.69 Å². The molecule has 98 valence electrons. The first-order valence-electron chi connectivity index (χ1n) is 6.00. The van der Waals surface area contributed by atoms with Crippen LogP contribution in [0.5, 0.6) is 0 Å². The molecule has 1 fully saturated rings. The van der Waals surface area contributed by atoms with Gasteiger partial charge in [-0.15, -0.1) is 0 Å². The molecule has 2 rings (SSSR count). The van der Waals surface area contributed by atoms with Gasteiger partial charge in [0.25, 0.3) is 5.91 Å². The molecule has 5 heteroatoms. The van der Waals surface area contributed by atoms with E-state index in [0.717, 1.165) is 6.42 Å². The first-order valence-corrected chi connectivity index (χ1v) is 6.00. The van der Waals surface area contributed by atoms with Gasteiger partial charge in [-0.1, -0.05) is 13.8 Å². The van der Waals surface area contributed by atoms with Crippen LogP contribution in [-0.2, 0) is 4.74 Å². The third kappa shape index (κ3) is 2.18. The largest absolute Gasteiger partial charge is 0.399 e. The minimum Gasteiger partial charge on any atom is -0.399 e. The standard InChI is InChI=1S/C13H19N3O2/c1-13(2)10(7-11(13)18-3)16-12(17)9-6-8(14)4-5-15-9/h4-6,10-11H,7H2,1-3H3,(H2,14,15)(H,16,17). The topological polar surface area (TPSA) is 77.2 Å². The number of anilines is 1. The van der Waals surface area contributed by atoms with Gasteiger partial charge in [-0.2, -0.15) is 0 Å². The SMILES string of the molecule is COC1CC(NC(=O)c2cc(N)ccn2)C1(C)C. The molecular weight excluding hydrogens is 230 g/mol. The Balaban J connectivity index is 2.01. The summed E-state index contributed by atoms with van der Waals surface area (Å²) in [5, 5.41) is 2.98. The Kier molecular flexibility index (Phi) is 3.26. The highest BCUT2D eigenvalue weighted by atomic mass is 16.5. The van der Waals surface area contributed by atoms with Gasteiger partial charge in [0.15, 0.2) is 0 Å². The third-order valence-corrected chi connectivity index (χ3v) is 3.78. The van der Waals surface area contributed by atoms with Crippen molar-refractivity contribution in [1.82, 2.24) is 10.3 Å². The average molecular weight is 249 g/mol. The highest BCUT2D eigenvalue weighted by Gasteiger charge is 2.49. The van der Waals surface area contributed by atoms with Crippen LogP contribution in [0.1, 0.15) is 30.8 Å². The van der Waals surface area contributed by atoms with Gasteiger partial charge in [0.05, 0.1) is 6.10 Å². The number of nitrogens with two attached hydrogens (primary N) is 1. The first kappa shape index (κ1) is 12.8. The van der Waals surface area contributed by atoms with Gasteiger partial charge >= 0.3 is 0 Å². The Bertz CT molecular complexity index is 459. The highest BCUT2D eigenvalue weighted by molar-refractivity contribution is 5.93. The molecule has 3 N–H and O–H groups in total. The summed E-state index contributed by atoms with van der Waals surface area (Å²) in [5.41, 5.74) is 6.47. The van der Waals surface area contributed by atoms with Crippen molar-refractivity contribution in [3.63, 3.8) is 0 Å². The van der Waals surface area contributed by atoms with Crippen molar-refractivity contribution in [1.29, 1.82) is 0 Å². The fourth-order valence-corrected chi connectivity index (χ4v) is 2.33. The molecule has 1 saturated carbocycles. The summed E-state index contributed by atoms with van der Waals surface area (Å²) in [6, 6.07) is 3.35. The van der Waals surface area contributed by atoms with Crippen LogP contribution >= 0.6 is 0 Å². The van der Waals surface area contributed by atoms with Crippen molar-refractivity contribution in [2.24, 2.45) is 5.41 Å². The summed E-state index contributed by atoms with van der Waals surface area (Å²) in [4.78, 5) is 16.0. The number of pyridine rings is 1. The van der Waals surface area contributed by atoms with Crippen molar-refractivity contribution < 1.29 is 9.53 Å². The molecule has 0 aliphatic heterocycles. The van der Waals surface area contributed by atoms with Gasteiger partial charge < -0.3 is 15.8 Å². The second-order valence-corrected chi connectivity index (χ2v) is 5.28. The van der Waals surface area contributed by atoms with E-state index in [0.29, 0.717) is 11.4 Å². The van der Waals surface area contributed by atoms with Crippen LogP contribution in [0.2, 0.25) is 0 Å². The lowest BCUT2D eigenvalue weighted by Gasteiger charge is -2.51. The predicted octanol–water partition coefficient (Wildman–Crippen LogP) is 1.21. The van der Waals surface area contributed by atoms with Crippen molar-refractivity contribution in [3.05, 3.63) is 24.0 Å². The molecule has 1 amide bonds. The molecule has 2 unspecified atom stereocenters. The Labute approximate surface area is 107 Å². The number of hydrogen-bond donors (Lipinski definition) is 2. The van der Waals surface area contributed by atoms with E-state index in [1.807, 2.05) is 0 Å². The number of amides is 1. The summed E-state index contributed by atoms with van der Waals surface area (Å²) in [7, 11) is 1.70. The van der Waals surface area contributed by atoms with Crippen molar-refractivity contribution in [3.8, 4) is 0 Å². The number of ether oxygens (including phenoxy) is 1. The summed E-state index contributed by atoms with van der Waals surface area (Å²) in [6.45, 7) is 4.17. The monoisotopic (exact) mass is 249 g/mol. The average Bonchev–Trinajstić information content (AvgIpc) is 2.33. The first-order chi connectivity index (χ1) is 8.45. The number of methoxy groups -OCH3 is 1. The third-order valence-electron chi connectivity index (χ3n) is 3.78. The van der Waals surface area contributed by atoms with Crippen LogP contribution in [0.3, 0.4) is 0 Å². The minimum absolute atomic E-state index is 0.0509. The number of nitrogens with zero attached hydrogens (tertiary/aromatic N) is 1. The van der Waals surface area contributed by atoms with Crippen molar-refractivity contribution in [2.75, 3.05) is 12.8 Å². The lowest BCUT2D eigenvalue weighted by molar-refractivity contribution is -0.0942. The maximum atomic E-state index is 12.0. The summed E-state index contributed by atoms with van der Waals surface area (Å²) in [5.74, 6) is -0.185. The molecule has 1 aromatic heterocycles. The molecule has 0 spiro atoms. The second-order valence-electron chi connectivity index (χ2n) is 5.28. The van der Waals surface area contributed by atoms with Gasteiger partial charge in [-0.05, 0) is 18.6 Å². The Hall–Kier alpha value is -1.62. The van der Waals surface area contributed by atoms with Crippen LogP contribution in [-0.4, -0.2) is 30.1 Å². The van der Waals surface area contributed by atoms with E-state index in [-0.39, 0.29) is 23.5 Å². The van der Waals surface area contributed by atoms with E-state index in [1.54, 1.807) is 19.2 Å². The van der Waals surface area contributed by atoms with E-state index in [4.69, 9.17) is 10.5 Å². The summed E-state index contributed by atoms with van der Waals surface area (Å²) >= 11 is 0.